The van der Waals surface area contributed by atoms with Crippen LogP contribution in [0, 0.1) is 0 Å². The van der Waals surface area contributed by atoms with Crippen LogP contribution in [-0.4, -0.2) is 44.3 Å². The molecule has 0 aliphatic heterocycles. The van der Waals surface area contributed by atoms with Crippen LogP contribution < -0.4 is 8.55 Å². The Bertz CT molecular complexity index is 222. The largest absolute Gasteiger partial charge is 0.503 e. The summed E-state index contributed by atoms with van der Waals surface area (Å²) in [7, 11) is 0. The molecule has 0 saturated carbocycles. The first-order chi connectivity index (χ1) is 5.52. The van der Waals surface area contributed by atoms with E-state index in [1.54, 1.807) is 0 Å². The molecule has 0 heterocycles. The average Bonchev–Trinajstić information content (AvgIpc) is 1.94. The van der Waals surface area contributed by atoms with Gasteiger partial charge >= 0.3 is 72.6 Å². The number of benzene rings is 1. The quantitative estimate of drug-likeness (QED) is 0.392. The molecule has 0 fully saturated rings. The molecule has 0 aromatic heterocycles. The van der Waals surface area contributed by atoms with E-state index < -0.39 is 6.16 Å². The Kier molecular flexibility index (Phi) is 5.53. The van der Waals surface area contributed by atoms with E-state index in [9.17, 15) is 0 Å². The van der Waals surface area contributed by atoms with Crippen molar-refractivity contribution in [1.82, 2.24) is 0 Å². The number of hydrogen-bond acceptors (Lipinski definition) is 2. The Morgan fingerprint density at radius 2 is 1.58 bits per heavy atom. The number of hydrogen-bond donors (Lipinski definition) is 3. The van der Waals surface area contributed by atoms with E-state index >= 15 is 0 Å². The Morgan fingerprint density at radius 1 is 1.25 bits per heavy atom. The SMILES string of the molecule is Nc1cc[c]([Na])cc1.O=C(O)O. The summed E-state index contributed by atoms with van der Waals surface area (Å²) in [5.74, 6) is 0. The molecule has 60 valence electrons. The summed E-state index contributed by atoms with van der Waals surface area (Å²) in [4.78, 5) is 8.56. The van der Waals surface area contributed by atoms with Crippen LogP contribution >= 0.6 is 0 Å². The summed E-state index contributed by atoms with van der Waals surface area (Å²) >= 11 is 1.12. The van der Waals surface area contributed by atoms with Crippen molar-refractivity contribution in [3.05, 3.63) is 24.3 Å². The molecule has 5 heteroatoms. The van der Waals surface area contributed by atoms with E-state index in [-0.39, 0.29) is 0 Å². The zero-order chi connectivity index (χ0) is 9.56. The van der Waals surface area contributed by atoms with Gasteiger partial charge in [-0.25, -0.2) is 4.79 Å². The van der Waals surface area contributed by atoms with Crippen LogP contribution in [0.15, 0.2) is 24.3 Å². The summed E-state index contributed by atoms with van der Waals surface area (Å²) in [5, 5.41) is 13.9. The number of nitrogens with two attached hydrogens (primary N) is 1. The molecule has 0 spiro atoms. The van der Waals surface area contributed by atoms with Crippen molar-refractivity contribution >= 4 is 42.6 Å². The summed E-state index contributed by atoms with van der Waals surface area (Å²) in [6.07, 6.45) is -1.83. The average molecular weight is 177 g/mol. The fourth-order valence-electron chi connectivity index (χ4n) is 0.566. The van der Waals surface area contributed by atoms with Crippen molar-refractivity contribution in [2.24, 2.45) is 0 Å². The van der Waals surface area contributed by atoms with Crippen LogP contribution in [-0.2, 0) is 0 Å². The summed E-state index contributed by atoms with van der Waals surface area (Å²) < 4.78 is 1.39. The van der Waals surface area contributed by atoms with Gasteiger partial charge in [-0.15, -0.1) is 0 Å². The fourth-order valence-corrected chi connectivity index (χ4v) is 0.900. The van der Waals surface area contributed by atoms with Crippen LogP contribution in [0.25, 0.3) is 0 Å². The zero-order valence-electron chi connectivity index (χ0n) is 6.69. The molecular formula is C7H8NNaO3. The maximum atomic E-state index is 8.56. The number of carboxylic acid groups (broad SMARTS) is 2. The Morgan fingerprint density at radius 3 is 1.83 bits per heavy atom. The molecular weight excluding hydrogens is 169 g/mol. The van der Waals surface area contributed by atoms with Crippen LogP contribution in [0.2, 0.25) is 0 Å². The molecule has 1 aromatic rings. The van der Waals surface area contributed by atoms with Gasteiger partial charge in [0.25, 0.3) is 0 Å². The van der Waals surface area contributed by atoms with Crippen LogP contribution in [0.4, 0.5) is 10.5 Å². The van der Waals surface area contributed by atoms with Gasteiger partial charge < -0.3 is 10.2 Å². The van der Waals surface area contributed by atoms with Gasteiger partial charge in [-0.05, 0) is 0 Å². The van der Waals surface area contributed by atoms with Crippen molar-refractivity contribution in [3.63, 3.8) is 0 Å². The molecule has 4 nitrogen and oxygen atoms in total. The number of anilines is 1. The second-order valence-electron chi connectivity index (χ2n) is 2.19. The molecule has 0 aliphatic rings. The zero-order valence-corrected chi connectivity index (χ0v) is 8.69. The van der Waals surface area contributed by atoms with E-state index in [4.69, 9.17) is 20.7 Å². The van der Waals surface area contributed by atoms with Gasteiger partial charge in [0.15, 0.2) is 0 Å². The standard InChI is InChI=1S/C6H6N.CH2O3.Na/c7-6-4-2-1-3-5-6;2-1(3)4;/h2-5H,7H2;(H2,2,3,4);. The molecule has 0 saturated heterocycles. The van der Waals surface area contributed by atoms with Gasteiger partial charge in [-0.1, -0.05) is 0 Å². The van der Waals surface area contributed by atoms with E-state index in [0.717, 1.165) is 33.6 Å². The van der Waals surface area contributed by atoms with Gasteiger partial charge in [0, 0.05) is 0 Å². The van der Waals surface area contributed by atoms with E-state index in [2.05, 4.69) is 12.1 Å². The third kappa shape index (κ3) is 7.40. The third-order valence-electron chi connectivity index (χ3n) is 1.08. The summed E-state index contributed by atoms with van der Waals surface area (Å²) in [6.45, 7) is 0. The second kappa shape index (κ2) is 5.88. The molecule has 0 bridgehead atoms. The molecule has 4 N–H and O–H groups in total. The van der Waals surface area contributed by atoms with Crippen molar-refractivity contribution in [1.29, 1.82) is 0 Å². The smallest absolute Gasteiger partial charge is 0.450 e. The minimum absolute atomic E-state index is 0.851. The number of nitrogen functional groups attached to an aromatic ring is 1. The monoisotopic (exact) mass is 177 g/mol. The predicted octanol–water partition coefficient (Wildman–Crippen LogP) is 0.285. The Hall–Kier alpha value is -0.710. The molecule has 0 radical (unpaired) electrons. The van der Waals surface area contributed by atoms with Gasteiger partial charge in [-0.3, -0.25) is 0 Å². The molecule has 0 unspecified atom stereocenters. The maximum absolute atomic E-state index is 8.56. The van der Waals surface area contributed by atoms with Crippen molar-refractivity contribution in [2.75, 3.05) is 5.73 Å². The summed E-state index contributed by atoms with van der Waals surface area (Å²) in [6, 6.07) is 7.98. The predicted molar refractivity (Wildman–Crippen MR) is 46.9 cm³/mol. The van der Waals surface area contributed by atoms with E-state index in [0.29, 0.717) is 0 Å². The first-order valence-corrected chi connectivity index (χ1v) is 4.26. The molecule has 0 amide bonds. The molecule has 12 heavy (non-hydrogen) atoms. The minimum atomic E-state index is -1.83. The van der Waals surface area contributed by atoms with E-state index in [1.165, 1.54) is 2.81 Å². The van der Waals surface area contributed by atoms with Crippen molar-refractivity contribution < 1.29 is 15.0 Å². The maximum Gasteiger partial charge on any atom is 0.503 e. The topological polar surface area (TPSA) is 83.6 Å². The van der Waals surface area contributed by atoms with Gasteiger partial charge in [-0.2, -0.15) is 0 Å². The van der Waals surface area contributed by atoms with Gasteiger partial charge in [0.05, 0.1) is 0 Å². The summed E-state index contributed by atoms with van der Waals surface area (Å²) in [5.41, 5.74) is 6.29. The third-order valence-corrected chi connectivity index (χ3v) is 1.74. The van der Waals surface area contributed by atoms with Crippen LogP contribution in [0.3, 0.4) is 0 Å². The molecule has 0 atom stereocenters. The van der Waals surface area contributed by atoms with Crippen molar-refractivity contribution in [2.45, 2.75) is 0 Å². The molecule has 1 aromatic carbocycles. The Labute approximate surface area is 87.4 Å². The first-order valence-electron chi connectivity index (χ1n) is 3.26. The first kappa shape index (κ1) is 11.3. The molecule has 1 rings (SSSR count). The Balaban J connectivity index is 0.000000261. The second-order valence-corrected chi connectivity index (χ2v) is 3.35. The fraction of sp³-hybridized carbons (Fsp3) is 0. The van der Waals surface area contributed by atoms with E-state index in [1.807, 2.05) is 12.1 Å². The van der Waals surface area contributed by atoms with Crippen molar-refractivity contribution in [3.8, 4) is 0 Å². The normalized spacial score (nSPS) is 8.17. The number of rotatable bonds is 0. The minimum Gasteiger partial charge on any atom is -0.450 e. The van der Waals surface area contributed by atoms with Gasteiger partial charge in [0.1, 0.15) is 0 Å². The molecule has 0 aliphatic carbocycles. The van der Waals surface area contributed by atoms with Gasteiger partial charge in [0.2, 0.25) is 0 Å². The van der Waals surface area contributed by atoms with Crippen LogP contribution in [0.1, 0.15) is 0 Å². The number of carbonyl (C=O) groups is 1. The van der Waals surface area contributed by atoms with Crippen LogP contribution in [0.5, 0.6) is 0 Å².